The number of anilines is 1. The quantitative estimate of drug-likeness (QED) is 0.461. The first kappa shape index (κ1) is 22.3. The molecule has 0 heterocycles. The van der Waals surface area contributed by atoms with Crippen LogP contribution < -0.4 is 14.8 Å². The Labute approximate surface area is 172 Å². The van der Waals surface area contributed by atoms with E-state index in [1.54, 1.807) is 30.3 Å². The van der Waals surface area contributed by atoms with Crippen LogP contribution in [-0.2, 0) is 9.53 Å². The summed E-state index contributed by atoms with van der Waals surface area (Å²) >= 11 is 0. The van der Waals surface area contributed by atoms with E-state index in [-0.39, 0.29) is 0 Å². The molecule has 0 radical (unpaired) electrons. The lowest BCUT2D eigenvalue weighted by molar-refractivity contribution is -0.123. The summed E-state index contributed by atoms with van der Waals surface area (Å²) in [6.45, 7) is 8.47. The zero-order chi connectivity index (χ0) is 21.2. The highest BCUT2D eigenvalue weighted by atomic mass is 16.5. The van der Waals surface area contributed by atoms with Crippen molar-refractivity contribution >= 4 is 17.6 Å². The molecule has 0 bridgehead atoms. The zero-order valence-corrected chi connectivity index (χ0v) is 17.5. The first-order valence-corrected chi connectivity index (χ1v) is 9.92. The van der Waals surface area contributed by atoms with Gasteiger partial charge in [0.2, 0.25) is 0 Å². The van der Waals surface area contributed by atoms with Crippen molar-refractivity contribution in [2.45, 2.75) is 46.6 Å². The second-order valence-corrected chi connectivity index (χ2v) is 6.70. The molecule has 0 aliphatic rings. The molecule has 1 amide bonds. The predicted molar refractivity (Wildman–Crippen MR) is 113 cm³/mol. The highest BCUT2D eigenvalue weighted by Crippen LogP contribution is 2.29. The van der Waals surface area contributed by atoms with E-state index in [0.717, 1.165) is 18.4 Å². The maximum atomic E-state index is 12.5. The number of esters is 1. The maximum Gasteiger partial charge on any atom is 0.339 e. The fraction of sp³-hybridized carbons (Fsp3) is 0.391. The lowest BCUT2D eigenvalue weighted by atomic mass is 10.2. The summed E-state index contributed by atoms with van der Waals surface area (Å²) < 4.78 is 16.6. The molecule has 0 aromatic heterocycles. The maximum absolute atomic E-state index is 12.5. The Morgan fingerprint density at radius 3 is 2.38 bits per heavy atom. The van der Waals surface area contributed by atoms with Gasteiger partial charge in [-0.15, -0.1) is 0 Å². The van der Waals surface area contributed by atoms with Crippen molar-refractivity contribution in [2.24, 2.45) is 0 Å². The Hall–Kier alpha value is -3.02. The molecule has 29 heavy (non-hydrogen) atoms. The molecular formula is C23H29NO5. The number of amides is 1. The molecule has 2 aromatic rings. The lowest BCUT2D eigenvalue weighted by Crippen LogP contribution is -2.30. The molecule has 0 fully saturated rings. The summed E-state index contributed by atoms with van der Waals surface area (Å²) in [5.41, 5.74) is 2.04. The second kappa shape index (κ2) is 11.1. The fourth-order valence-electron chi connectivity index (χ4n) is 2.51. The van der Waals surface area contributed by atoms with Crippen LogP contribution in [-0.4, -0.2) is 31.2 Å². The van der Waals surface area contributed by atoms with Gasteiger partial charge in [0, 0.05) is 5.69 Å². The van der Waals surface area contributed by atoms with Crippen molar-refractivity contribution in [2.75, 3.05) is 18.5 Å². The van der Waals surface area contributed by atoms with Crippen LogP contribution >= 0.6 is 0 Å². The third-order valence-electron chi connectivity index (χ3n) is 4.21. The van der Waals surface area contributed by atoms with E-state index >= 15 is 0 Å². The smallest absolute Gasteiger partial charge is 0.339 e. The molecule has 0 aliphatic carbocycles. The van der Waals surface area contributed by atoms with E-state index in [1.165, 1.54) is 6.92 Å². The number of carbonyl (C=O) groups is 2. The minimum atomic E-state index is -0.945. The Kier molecular flexibility index (Phi) is 8.52. The van der Waals surface area contributed by atoms with Crippen LogP contribution in [0.5, 0.6) is 11.5 Å². The highest BCUT2D eigenvalue weighted by Gasteiger charge is 2.20. The molecule has 0 aliphatic heterocycles. The number of hydrogen-bond donors (Lipinski definition) is 1. The van der Waals surface area contributed by atoms with E-state index in [4.69, 9.17) is 14.2 Å². The third-order valence-corrected chi connectivity index (χ3v) is 4.21. The molecule has 6 nitrogen and oxygen atoms in total. The van der Waals surface area contributed by atoms with E-state index in [0.29, 0.717) is 36.0 Å². The van der Waals surface area contributed by atoms with Crippen LogP contribution in [0.4, 0.5) is 5.69 Å². The predicted octanol–water partition coefficient (Wildman–Crippen LogP) is 4.76. The number of hydrogen-bond acceptors (Lipinski definition) is 5. The highest BCUT2D eigenvalue weighted by molar-refractivity contribution is 5.97. The Bertz CT molecular complexity index is 817. The minimum Gasteiger partial charge on any atom is -0.490 e. The van der Waals surface area contributed by atoms with Gasteiger partial charge in [-0.05, 0) is 57.5 Å². The molecule has 0 unspecified atom stereocenters. The number of carbonyl (C=O) groups excluding carboxylic acids is 2. The van der Waals surface area contributed by atoms with Gasteiger partial charge in [0.25, 0.3) is 5.91 Å². The van der Waals surface area contributed by atoms with E-state index in [9.17, 15) is 9.59 Å². The van der Waals surface area contributed by atoms with Crippen LogP contribution in [0.2, 0.25) is 0 Å². The first-order chi connectivity index (χ1) is 13.9. The number of nitrogens with one attached hydrogen (secondary N) is 1. The van der Waals surface area contributed by atoms with Gasteiger partial charge in [-0.2, -0.15) is 0 Å². The van der Waals surface area contributed by atoms with E-state index < -0.39 is 18.0 Å². The topological polar surface area (TPSA) is 73.9 Å². The summed E-state index contributed by atoms with van der Waals surface area (Å²) in [6.07, 6.45) is 1.01. The third kappa shape index (κ3) is 6.82. The second-order valence-electron chi connectivity index (χ2n) is 6.70. The molecular weight excluding hydrogens is 370 g/mol. The van der Waals surface area contributed by atoms with Gasteiger partial charge in [0.05, 0.1) is 18.8 Å². The van der Waals surface area contributed by atoms with Gasteiger partial charge in [-0.25, -0.2) is 4.79 Å². The first-order valence-electron chi connectivity index (χ1n) is 9.92. The summed E-state index contributed by atoms with van der Waals surface area (Å²) in [7, 11) is 0. The molecule has 0 saturated heterocycles. The van der Waals surface area contributed by atoms with Gasteiger partial charge in [-0.1, -0.05) is 31.0 Å². The molecule has 6 heteroatoms. The lowest BCUT2D eigenvalue weighted by Gasteiger charge is -2.15. The Balaban J connectivity index is 2.01. The van der Waals surface area contributed by atoms with E-state index in [2.05, 4.69) is 12.2 Å². The van der Waals surface area contributed by atoms with Crippen molar-refractivity contribution in [3.8, 4) is 11.5 Å². The van der Waals surface area contributed by atoms with Crippen molar-refractivity contribution in [3.05, 3.63) is 53.6 Å². The van der Waals surface area contributed by atoms with Gasteiger partial charge < -0.3 is 19.5 Å². The normalized spacial score (nSPS) is 11.4. The monoisotopic (exact) mass is 399 g/mol. The molecule has 0 spiro atoms. The van der Waals surface area contributed by atoms with Crippen LogP contribution in [0.1, 0.15) is 49.5 Å². The zero-order valence-electron chi connectivity index (χ0n) is 17.5. The average Bonchev–Trinajstić information content (AvgIpc) is 2.71. The Morgan fingerprint density at radius 1 is 1.00 bits per heavy atom. The molecule has 2 aromatic carbocycles. The van der Waals surface area contributed by atoms with Gasteiger partial charge in [-0.3, -0.25) is 4.79 Å². The summed E-state index contributed by atoms with van der Waals surface area (Å²) in [6, 6.07) is 12.3. The summed E-state index contributed by atoms with van der Waals surface area (Å²) in [5, 5.41) is 2.73. The average molecular weight is 399 g/mol. The molecule has 2 rings (SSSR count). The van der Waals surface area contributed by atoms with Gasteiger partial charge >= 0.3 is 5.97 Å². The molecule has 156 valence electrons. The van der Waals surface area contributed by atoms with Crippen molar-refractivity contribution < 1.29 is 23.8 Å². The van der Waals surface area contributed by atoms with Crippen molar-refractivity contribution in [3.63, 3.8) is 0 Å². The molecule has 0 saturated carbocycles. The largest absolute Gasteiger partial charge is 0.490 e. The van der Waals surface area contributed by atoms with Crippen LogP contribution in [0.3, 0.4) is 0 Å². The minimum absolute atomic E-state index is 0.297. The number of rotatable bonds is 10. The number of unbranched alkanes of at least 4 members (excludes halogenated alkanes) is 1. The van der Waals surface area contributed by atoms with Crippen LogP contribution in [0, 0.1) is 6.92 Å². The molecule has 1 atom stereocenters. The summed E-state index contributed by atoms with van der Waals surface area (Å²) in [5.74, 6) is 0.0706. The van der Waals surface area contributed by atoms with Crippen LogP contribution in [0.15, 0.2) is 42.5 Å². The summed E-state index contributed by atoms with van der Waals surface area (Å²) in [4.78, 5) is 24.8. The van der Waals surface area contributed by atoms with Crippen LogP contribution in [0.25, 0.3) is 0 Å². The standard InChI is InChI=1S/C23H29NO5/c1-5-7-14-28-20-13-10-18(15-21(20)27-6-2)23(26)29-17(4)22(25)24-19-11-8-16(3)9-12-19/h8-13,15,17H,5-7,14H2,1-4H3,(H,24,25)/t17-/m1/s1. The number of ether oxygens (including phenoxy) is 3. The van der Waals surface area contributed by atoms with Crippen molar-refractivity contribution in [1.82, 2.24) is 0 Å². The van der Waals surface area contributed by atoms with Crippen molar-refractivity contribution in [1.29, 1.82) is 0 Å². The fourth-order valence-corrected chi connectivity index (χ4v) is 2.51. The Morgan fingerprint density at radius 2 is 1.72 bits per heavy atom. The SMILES string of the molecule is CCCCOc1ccc(C(=O)O[C@H](C)C(=O)Nc2ccc(C)cc2)cc1OCC. The van der Waals surface area contributed by atoms with Gasteiger partial charge in [0.1, 0.15) is 0 Å². The van der Waals surface area contributed by atoms with E-state index in [1.807, 2.05) is 26.0 Å². The molecule has 1 N–H and O–H groups in total. The van der Waals surface area contributed by atoms with Gasteiger partial charge in [0.15, 0.2) is 17.6 Å². The number of benzene rings is 2. The number of aryl methyl sites for hydroxylation is 1.